The van der Waals surface area contributed by atoms with E-state index in [0.717, 1.165) is 24.3 Å². The fourth-order valence-corrected chi connectivity index (χ4v) is 1.99. The van der Waals surface area contributed by atoms with Crippen molar-refractivity contribution in [3.05, 3.63) is 24.3 Å². The molecule has 0 spiro atoms. The Kier molecular flexibility index (Phi) is 6.52. The minimum atomic E-state index is 0.0410. The lowest BCUT2D eigenvalue weighted by molar-refractivity contribution is -0.116. The van der Waals surface area contributed by atoms with Crippen molar-refractivity contribution in [2.24, 2.45) is 11.1 Å². The molecule has 20 heavy (non-hydrogen) atoms. The van der Waals surface area contributed by atoms with E-state index in [0.29, 0.717) is 19.6 Å². The Labute approximate surface area is 121 Å². The van der Waals surface area contributed by atoms with E-state index in [-0.39, 0.29) is 11.3 Å². The topological polar surface area (TPSA) is 64.3 Å². The van der Waals surface area contributed by atoms with Crippen LogP contribution in [0.25, 0.3) is 0 Å². The standard InChI is InChI=1S/C16H26N2O2/c1-4-20-14-7-5-13(6-8-14)18-15(19)9-10-16(2,3)11-12-17/h5-8H,4,9-12,17H2,1-3H3,(H,18,19). The number of benzene rings is 1. The second-order valence-corrected chi connectivity index (χ2v) is 5.71. The fourth-order valence-electron chi connectivity index (χ4n) is 1.99. The average molecular weight is 278 g/mol. The number of hydrogen-bond acceptors (Lipinski definition) is 3. The van der Waals surface area contributed by atoms with Crippen LogP contribution in [0.3, 0.4) is 0 Å². The van der Waals surface area contributed by atoms with Gasteiger partial charge in [0.15, 0.2) is 0 Å². The number of carbonyl (C=O) groups excluding carboxylic acids is 1. The molecule has 0 aliphatic carbocycles. The number of carbonyl (C=O) groups is 1. The molecular weight excluding hydrogens is 252 g/mol. The summed E-state index contributed by atoms with van der Waals surface area (Å²) < 4.78 is 5.36. The third kappa shape index (κ3) is 6.06. The second-order valence-electron chi connectivity index (χ2n) is 5.71. The first kappa shape index (κ1) is 16.5. The van der Waals surface area contributed by atoms with Gasteiger partial charge in [0.1, 0.15) is 5.75 Å². The SMILES string of the molecule is CCOc1ccc(NC(=O)CCC(C)(C)CCN)cc1. The van der Waals surface area contributed by atoms with E-state index in [1.54, 1.807) is 0 Å². The van der Waals surface area contributed by atoms with Gasteiger partial charge in [-0.2, -0.15) is 0 Å². The monoisotopic (exact) mass is 278 g/mol. The van der Waals surface area contributed by atoms with E-state index in [1.165, 1.54) is 0 Å². The zero-order valence-electron chi connectivity index (χ0n) is 12.7. The van der Waals surface area contributed by atoms with E-state index in [1.807, 2.05) is 31.2 Å². The molecule has 0 atom stereocenters. The van der Waals surface area contributed by atoms with Gasteiger partial charge in [-0.05, 0) is 56.0 Å². The van der Waals surface area contributed by atoms with E-state index in [2.05, 4.69) is 19.2 Å². The lowest BCUT2D eigenvalue weighted by atomic mass is 9.84. The average Bonchev–Trinajstić information content (AvgIpc) is 2.39. The highest BCUT2D eigenvalue weighted by Crippen LogP contribution is 2.26. The molecule has 4 nitrogen and oxygen atoms in total. The number of nitrogens with one attached hydrogen (secondary N) is 1. The van der Waals surface area contributed by atoms with Crippen LogP contribution in [-0.2, 0) is 4.79 Å². The Morgan fingerprint density at radius 3 is 2.45 bits per heavy atom. The first-order valence-corrected chi connectivity index (χ1v) is 7.19. The molecule has 0 radical (unpaired) electrons. The molecule has 0 fully saturated rings. The van der Waals surface area contributed by atoms with Gasteiger partial charge in [0.25, 0.3) is 0 Å². The van der Waals surface area contributed by atoms with Gasteiger partial charge in [0, 0.05) is 12.1 Å². The van der Waals surface area contributed by atoms with E-state index in [9.17, 15) is 4.79 Å². The van der Waals surface area contributed by atoms with Crippen molar-refractivity contribution in [1.29, 1.82) is 0 Å². The second kappa shape index (κ2) is 7.90. The molecule has 4 heteroatoms. The van der Waals surface area contributed by atoms with Crippen LogP contribution in [0.5, 0.6) is 5.75 Å². The third-order valence-electron chi connectivity index (χ3n) is 3.30. The Balaban J connectivity index is 2.42. The summed E-state index contributed by atoms with van der Waals surface area (Å²) >= 11 is 0. The maximum Gasteiger partial charge on any atom is 0.224 e. The number of hydrogen-bond donors (Lipinski definition) is 2. The van der Waals surface area contributed by atoms with Gasteiger partial charge in [-0.25, -0.2) is 0 Å². The van der Waals surface area contributed by atoms with Crippen LogP contribution in [0.2, 0.25) is 0 Å². The van der Waals surface area contributed by atoms with Gasteiger partial charge < -0.3 is 15.8 Å². The summed E-state index contributed by atoms with van der Waals surface area (Å²) in [6.45, 7) is 7.53. The molecule has 0 aliphatic rings. The van der Waals surface area contributed by atoms with Gasteiger partial charge >= 0.3 is 0 Å². The third-order valence-corrected chi connectivity index (χ3v) is 3.30. The molecule has 1 aromatic carbocycles. The molecule has 0 aliphatic heterocycles. The number of amides is 1. The first-order chi connectivity index (χ1) is 9.46. The van der Waals surface area contributed by atoms with Crippen LogP contribution < -0.4 is 15.8 Å². The van der Waals surface area contributed by atoms with Crippen LogP contribution >= 0.6 is 0 Å². The maximum absolute atomic E-state index is 11.9. The van der Waals surface area contributed by atoms with Gasteiger partial charge in [-0.3, -0.25) is 4.79 Å². The summed E-state index contributed by atoms with van der Waals surface area (Å²) in [6, 6.07) is 7.43. The molecule has 0 bridgehead atoms. The Morgan fingerprint density at radius 2 is 1.90 bits per heavy atom. The Bertz CT molecular complexity index is 413. The quantitative estimate of drug-likeness (QED) is 0.767. The number of rotatable bonds is 8. The molecule has 0 aromatic heterocycles. The normalized spacial score (nSPS) is 11.2. The van der Waals surface area contributed by atoms with E-state index >= 15 is 0 Å². The van der Waals surface area contributed by atoms with Crippen LogP contribution in [0, 0.1) is 5.41 Å². The summed E-state index contributed by atoms with van der Waals surface area (Å²) in [5.74, 6) is 0.855. The van der Waals surface area contributed by atoms with Crippen LogP contribution in [0.1, 0.15) is 40.0 Å². The van der Waals surface area contributed by atoms with Crippen molar-refractivity contribution in [1.82, 2.24) is 0 Å². The van der Waals surface area contributed by atoms with Gasteiger partial charge in [-0.15, -0.1) is 0 Å². The van der Waals surface area contributed by atoms with E-state index in [4.69, 9.17) is 10.5 Å². The van der Waals surface area contributed by atoms with Crippen molar-refractivity contribution in [3.63, 3.8) is 0 Å². The predicted octanol–water partition coefficient (Wildman–Crippen LogP) is 3.18. The Morgan fingerprint density at radius 1 is 1.25 bits per heavy atom. The summed E-state index contributed by atoms with van der Waals surface area (Å²) in [6.07, 6.45) is 2.29. The molecule has 1 rings (SSSR count). The smallest absolute Gasteiger partial charge is 0.224 e. The molecule has 0 unspecified atom stereocenters. The molecule has 0 saturated carbocycles. The predicted molar refractivity (Wildman–Crippen MR) is 82.9 cm³/mol. The highest BCUT2D eigenvalue weighted by atomic mass is 16.5. The van der Waals surface area contributed by atoms with Crippen molar-refractivity contribution < 1.29 is 9.53 Å². The largest absolute Gasteiger partial charge is 0.494 e. The summed E-state index contributed by atoms with van der Waals surface area (Å²) in [5.41, 5.74) is 6.49. The summed E-state index contributed by atoms with van der Waals surface area (Å²) in [7, 11) is 0. The number of ether oxygens (including phenoxy) is 1. The summed E-state index contributed by atoms with van der Waals surface area (Å²) in [4.78, 5) is 11.9. The lowest BCUT2D eigenvalue weighted by Crippen LogP contribution is -2.20. The summed E-state index contributed by atoms with van der Waals surface area (Å²) in [5, 5.41) is 2.90. The zero-order chi connectivity index (χ0) is 15.0. The molecule has 3 N–H and O–H groups in total. The van der Waals surface area contributed by atoms with Crippen molar-refractivity contribution in [2.45, 2.75) is 40.0 Å². The van der Waals surface area contributed by atoms with Crippen LogP contribution in [-0.4, -0.2) is 19.1 Å². The van der Waals surface area contributed by atoms with Crippen molar-refractivity contribution in [2.75, 3.05) is 18.5 Å². The molecule has 112 valence electrons. The molecule has 0 saturated heterocycles. The highest BCUT2D eigenvalue weighted by Gasteiger charge is 2.18. The van der Waals surface area contributed by atoms with Crippen LogP contribution in [0.15, 0.2) is 24.3 Å². The fraction of sp³-hybridized carbons (Fsp3) is 0.562. The maximum atomic E-state index is 11.9. The van der Waals surface area contributed by atoms with E-state index < -0.39 is 0 Å². The highest BCUT2D eigenvalue weighted by molar-refractivity contribution is 5.90. The minimum Gasteiger partial charge on any atom is -0.494 e. The van der Waals surface area contributed by atoms with Gasteiger partial charge in [0.2, 0.25) is 5.91 Å². The lowest BCUT2D eigenvalue weighted by Gasteiger charge is -2.23. The minimum absolute atomic E-state index is 0.0410. The Hall–Kier alpha value is -1.55. The van der Waals surface area contributed by atoms with Crippen molar-refractivity contribution in [3.8, 4) is 5.75 Å². The molecular formula is C16H26N2O2. The van der Waals surface area contributed by atoms with Crippen LogP contribution in [0.4, 0.5) is 5.69 Å². The zero-order valence-corrected chi connectivity index (χ0v) is 12.7. The molecule has 1 amide bonds. The molecule has 0 heterocycles. The van der Waals surface area contributed by atoms with Gasteiger partial charge in [0.05, 0.1) is 6.61 Å². The molecule has 1 aromatic rings. The van der Waals surface area contributed by atoms with Gasteiger partial charge in [-0.1, -0.05) is 13.8 Å². The number of anilines is 1. The first-order valence-electron chi connectivity index (χ1n) is 7.19. The number of nitrogens with two attached hydrogens (primary N) is 1. The van der Waals surface area contributed by atoms with Crippen molar-refractivity contribution >= 4 is 11.6 Å².